The van der Waals surface area contributed by atoms with Gasteiger partial charge in [0.1, 0.15) is 0 Å². The molecule has 3 aliphatic heterocycles. The average Bonchev–Trinajstić information content (AvgIpc) is 3.22. The van der Waals surface area contributed by atoms with E-state index >= 15 is 0 Å². The fourth-order valence-electron chi connectivity index (χ4n) is 17.5. The molecule has 3 heteroatoms. The quantitative estimate of drug-likeness (QED) is 0.156. The van der Waals surface area contributed by atoms with Gasteiger partial charge in [0.25, 0.3) is 6.71 Å². The third-order valence-electron chi connectivity index (χ3n) is 21.9. The number of hydrogen-bond acceptors (Lipinski definition) is 0. The summed E-state index contributed by atoms with van der Waals surface area (Å²) in [4.78, 5) is 0. The van der Waals surface area contributed by atoms with Crippen LogP contribution in [0.15, 0.2) is 152 Å². The van der Waals surface area contributed by atoms with Gasteiger partial charge in [-0.25, -0.2) is 0 Å². The van der Waals surface area contributed by atoms with E-state index in [4.69, 9.17) is 0 Å². The maximum Gasteiger partial charge on any atom is 0.252 e. The van der Waals surface area contributed by atoms with Crippen molar-refractivity contribution in [1.29, 1.82) is 0 Å². The minimum Gasteiger partial charge on any atom is -0.310 e. The molecular weight excluding hydrogens is 964 g/mol. The third kappa shape index (κ3) is 5.63. The zero-order chi connectivity index (χ0) is 54.6. The lowest BCUT2D eigenvalue weighted by atomic mass is 9.33. The largest absolute Gasteiger partial charge is 0.310 e. The molecule has 1 spiro atoms. The Morgan fingerprint density at radius 2 is 0.938 bits per heavy atom. The predicted octanol–water partition coefficient (Wildman–Crippen LogP) is 18.0. The summed E-state index contributed by atoms with van der Waals surface area (Å²) < 4.78 is 5.64. The van der Waals surface area contributed by atoms with Gasteiger partial charge in [-0.3, -0.25) is 0 Å². The van der Waals surface area contributed by atoms with Crippen molar-refractivity contribution in [1.82, 2.24) is 9.13 Å². The van der Waals surface area contributed by atoms with E-state index in [1.54, 1.807) is 0 Å². The van der Waals surface area contributed by atoms with Crippen LogP contribution in [0.4, 0.5) is 0 Å². The van der Waals surface area contributed by atoms with Crippen LogP contribution < -0.4 is 16.4 Å². The molecule has 0 bridgehead atoms. The Morgan fingerprint density at radius 1 is 0.412 bits per heavy atom. The number of nitrogens with zero attached hydrogens (tertiary/aromatic N) is 2. The number of aromatic nitrogens is 2. The van der Waals surface area contributed by atoms with Gasteiger partial charge >= 0.3 is 0 Å². The molecule has 0 fully saturated rings. The summed E-state index contributed by atoms with van der Waals surface area (Å²) in [6.45, 7) is 29.4. The summed E-state index contributed by atoms with van der Waals surface area (Å²) in [6.07, 6.45) is 4.72. The third-order valence-corrected chi connectivity index (χ3v) is 21.9. The maximum absolute atomic E-state index is 2.82. The van der Waals surface area contributed by atoms with Gasteiger partial charge in [-0.05, 0) is 188 Å². The highest BCUT2D eigenvalue weighted by atomic mass is 15.1. The van der Waals surface area contributed by atoms with Gasteiger partial charge in [-0.15, -0.1) is 0 Å². The molecule has 0 radical (unpaired) electrons. The first-order valence-corrected chi connectivity index (χ1v) is 30.3. The first kappa shape index (κ1) is 47.5. The zero-order valence-corrected chi connectivity index (χ0v) is 48.9. The molecule has 0 atom stereocenters. The van der Waals surface area contributed by atoms with E-state index in [2.05, 4.69) is 244 Å². The topological polar surface area (TPSA) is 9.86 Å². The van der Waals surface area contributed by atoms with Crippen molar-refractivity contribution in [2.45, 2.75) is 148 Å². The molecule has 0 saturated heterocycles. The summed E-state index contributed by atoms with van der Waals surface area (Å²) in [5.74, 6) is 0.695. The zero-order valence-electron chi connectivity index (χ0n) is 48.9. The van der Waals surface area contributed by atoms with E-state index in [9.17, 15) is 0 Å². The lowest BCUT2D eigenvalue weighted by Gasteiger charge is -2.44. The van der Waals surface area contributed by atoms with Crippen LogP contribution in [0.2, 0.25) is 0 Å². The van der Waals surface area contributed by atoms with Gasteiger partial charge in [-0.2, -0.15) is 0 Å². The van der Waals surface area contributed by atoms with Crippen LogP contribution in [0.5, 0.6) is 0 Å². The molecule has 2 aromatic heterocycles. The molecule has 6 aliphatic rings. The Hall–Kier alpha value is -7.36. The summed E-state index contributed by atoms with van der Waals surface area (Å²) >= 11 is 0. The van der Waals surface area contributed by atoms with Crippen molar-refractivity contribution < 1.29 is 0 Å². The Kier molecular flexibility index (Phi) is 8.98. The van der Waals surface area contributed by atoms with E-state index in [0.717, 1.165) is 0 Å². The molecule has 5 heterocycles. The normalized spacial score (nSPS) is 18.2. The molecule has 392 valence electrons. The Balaban J connectivity index is 1.11. The van der Waals surface area contributed by atoms with Crippen LogP contribution >= 0.6 is 0 Å². The highest BCUT2D eigenvalue weighted by molar-refractivity contribution is 7.00. The van der Waals surface area contributed by atoms with E-state index < -0.39 is 5.41 Å². The SMILES string of the molecule is CC(C)c1cc2c3c(c1)c1cc(C(C)C)cc4c1n3-c1c(ccc3c1B2c1cc2ccccc2c2c(-c5ccc6c(c5)C(C)(C)CCC6(C)C)c(-c5ccc6c(c5)C(C)(C)CCC6(C)C)n-3c12)C41c2ccccc2-c2ccccc21. The second-order valence-corrected chi connectivity index (χ2v) is 28.8. The van der Waals surface area contributed by atoms with E-state index in [0.29, 0.717) is 11.8 Å². The molecule has 17 rings (SSSR count). The van der Waals surface area contributed by atoms with Gasteiger partial charge in [0.05, 0.1) is 22.1 Å². The van der Waals surface area contributed by atoms with Gasteiger partial charge < -0.3 is 9.13 Å². The molecule has 11 aromatic rings. The molecule has 2 nitrogen and oxygen atoms in total. The summed E-state index contributed by atoms with van der Waals surface area (Å²) in [7, 11) is 0. The average molecular weight is 1040 g/mol. The fraction of sp³-hybridized carbons (Fsp3) is 0.299. The monoisotopic (exact) mass is 1030 g/mol. The van der Waals surface area contributed by atoms with Crippen molar-refractivity contribution in [2.75, 3.05) is 0 Å². The molecule has 3 aliphatic carbocycles. The second-order valence-electron chi connectivity index (χ2n) is 28.8. The highest BCUT2D eigenvalue weighted by Gasteiger charge is 2.55. The summed E-state index contributed by atoms with van der Waals surface area (Å²) in [5.41, 5.74) is 33.3. The van der Waals surface area contributed by atoms with Crippen LogP contribution in [0.25, 0.3) is 88.4 Å². The standard InChI is InChI=1S/C77H71BN2/c1-42(2)47-35-52-53-36-48(43(3)4)41-62-70(53)80-69(52)61(39-47)77(54-23-17-15-21-50(54)51-22-16-18-24-55(51)77)58-29-30-64-67(71(58)80)78(62)63-40-44-19-13-14-20-49(44)66-65(45-25-27-56-59(37-45)75(9,10)33-31-73(56,5)6)68(79(64)72(63)66)46-26-28-57-60(38-46)76(11,12)34-32-74(57,7)8/h13-30,35-43H,31-34H2,1-12H3. The minimum atomic E-state index is -0.543. The molecule has 0 N–H and O–H groups in total. The Bertz CT molecular complexity index is 4630. The summed E-state index contributed by atoms with van der Waals surface area (Å²) in [6, 6.07) is 62.0. The van der Waals surface area contributed by atoms with Crippen molar-refractivity contribution >= 4 is 66.6 Å². The molecule has 0 amide bonds. The highest BCUT2D eigenvalue weighted by Crippen LogP contribution is 2.63. The van der Waals surface area contributed by atoms with Crippen molar-refractivity contribution in [3.63, 3.8) is 0 Å². The number of benzene rings is 9. The van der Waals surface area contributed by atoms with Crippen molar-refractivity contribution in [2.24, 2.45) is 0 Å². The van der Waals surface area contributed by atoms with Crippen LogP contribution in [-0.4, -0.2) is 15.8 Å². The van der Waals surface area contributed by atoms with E-state index in [-0.39, 0.29) is 28.4 Å². The first-order chi connectivity index (χ1) is 38.3. The van der Waals surface area contributed by atoms with E-state index in [1.807, 2.05) is 0 Å². The number of fused-ring (bicyclic) bond motifs is 15. The second kappa shape index (κ2) is 15.1. The summed E-state index contributed by atoms with van der Waals surface area (Å²) in [5, 5.41) is 6.79. The van der Waals surface area contributed by atoms with Crippen LogP contribution in [-0.2, 0) is 27.1 Å². The van der Waals surface area contributed by atoms with Crippen LogP contribution in [0, 0.1) is 0 Å². The van der Waals surface area contributed by atoms with Gasteiger partial charge in [0, 0.05) is 38.6 Å². The Morgan fingerprint density at radius 3 is 1.57 bits per heavy atom. The predicted molar refractivity (Wildman–Crippen MR) is 340 cm³/mol. The minimum absolute atomic E-state index is 0.0187. The molecule has 80 heavy (non-hydrogen) atoms. The Labute approximate surface area is 473 Å². The fourth-order valence-corrected chi connectivity index (χ4v) is 17.5. The van der Waals surface area contributed by atoms with Gasteiger partial charge in [0.15, 0.2) is 0 Å². The van der Waals surface area contributed by atoms with Gasteiger partial charge in [-0.1, -0.05) is 210 Å². The smallest absolute Gasteiger partial charge is 0.252 e. The molecule has 9 aromatic carbocycles. The van der Waals surface area contributed by atoms with Crippen LogP contribution in [0.3, 0.4) is 0 Å². The molecule has 0 unspecified atom stereocenters. The molecular formula is C77H71BN2. The maximum atomic E-state index is 2.82. The number of hydrogen-bond donors (Lipinski definition) is 0. The first-order valence-electron chi connectivity index (χ1n) is 30.3. The lowest BCUT2D eigenvalue weighted by Crippen LogP contribution is -2.60. The van der Waals surface area contributed by atoms with E-state index in [1.165, 1.54) is 186 Å². The van der Waals surface area contributed by atoms with Gasteiger partial charge in [0.2, 0.25) is 0 Å². The molecule has 0 saturated carbocycles. The van der Waals surface area contributed by atoms with Crippen molar-refractivity contribution in [3.05, 3.63) is 207 Å². The van der Waals surface area contributed by atoms with Crippen LogP contribution in [0.1, 0.15) is 176 Å². The van der Waals surface area contributed by atoms with Crippen molar-refractivity contribution in [3.8, 4) is 44.9 Å². The lowest BCUT2D eigenvalue weighted by molar-refractivity contribution is 0.332. The number of rotatable bonds is 4.